The van der Waals surface area contributed by atoms with Gasteiger partial charge in [0.25, 0.3) is 0 Å². The van der Waals surface area contributed by atoms with Crippen molar-refractivity contribution >= 4 is 34.6 Å². The van der Waals surface area contributed by atoms with Crippen LogP contribution in [0.4, 0.5) is 11.4 Å². The summed E-state index contributed by atoms with van der Waals surface area (Å²) in [6.45, 7) is 1.84. The van der Waals surface area contributed by atoms with E-state index in [1.165, 1.54) is 11.3 Å². The van der Waals surface area contributed by atoms with Crippen LogP contribution < -0.4 is 10.6 Å². The van der Waals surface area contributed by atoms with Crippen molar-refractivity contribution in [2.24, 2.45) is 0 Å². The maximum absolute atomic E-state index is 6.27. The van der Waals surface area contributed by atoms with Gasteiger partial charge in [-0.25, -0.2) is 0 Å². The lowest BCUT2D eigenvalue weighted by molar-refractivity contribution is 0.691. The highest BCUT2D eigenvalue weighted by Gasteiger charge is 2.18. The Kier molecular flexibility index (Phi) is 3.77. The molecule has 104 valence electrons. The van der Waals surface area contributed by atoms with Gasteiger partial charge in [0.2, 0.25) is 0 Å². The molecule has 1 aliphatic rings. The van der Waals surface area contributed by atoms with E-state index >= 15 is 0 Å². The van der Waals surface area contributed by atoms with Gasteiger partial charge in [-0.3, -0.25) is 0 Å². The minimum atomic E-state index is 0.672. The van der Waals surface area contributed by atoms with Gasteiger partial charge in [0.1, 0.15) is 0 Å². The summed E-state index contributed by atoms with van der Waals surface area (Å²) < 4.78 is 0. The van der Waals surface area contributed by atoms with Crippen LogP contribution in [0.2, 0.25) is 10.0 Å². The molecule has 1 heterocycles. The predicted octanol–water partition coefficient (Wildman–Crippen LogP) is 4.53. The summed E-state index contributed by atoms with van der Waals surface area (Å²) in [6, 6.07) is 11.8. The molecule has 1 aliphatic heterocycles. The van der Waals surface area contributed by atoms with Crippen LogP contribution in [0, 0.1) is 0 Å². The smallest absolute Gasteiger partial charge is 0.0470 e. The highest BCUT2D eigenvalue weighted by atomic mass is 35.5. The number of nitrogen functional groups attached to an aromatic ring is 1. The SMILES string of the molecule is Nc1ccc2c(c1)CCCN2Cc1ccc(Cl)cc1Cl. The first kappa shape index (κ1) is 13.6. The van der Waals surface area contributed by atoms with E-state index in [4.69, 9.17) is 28.9 Å². The molecule has 0 saturated carbocycles. The second-order valence-electron chi connectivity index (χ2n) is 5.15. The van der Waals surface area contributed by atoms with Gasteiger partial charge < -0.3 is 10.6 Å². The molecule has 0 spiro atoms. The molecule has 0 atom stereocenters. The molecule has 0 radical (unpaired) electrons. The first-order valence-corrected chi connectivity index (χ1v) is 7.46. The van der Waals surface area contributed by atoms with Gasteiger partial charge in [-0.15, -0.1) is 0 Å². The number of nitrogens with zero attached hydrogens (tertiary/aromatic N) is 1. The Bertz CT molecular complexity index is 640. The molecule has 0 unspecified atom stereocenters. The number of nitrogens with two attached hydrogens (primary N) is 1. The molecule has 20 heavy (non-hydrogen) atoms. The van der Waals surface area contributed by atoms with Crippen LogP contribution >= 0.6 is 23.2 Å². The molecule has 0 bridgehead atoms. The number of halogens is 2. The van der Waals surface area contributed by atoms with E-state index in [1.807, 2.05) is 18.2 Å². The highest BCUT2D eigenvalue weighted by Crippen LogP contribution is 2.31. The van der Waals surface area contributed by atoms with Crippen LogP contribution in [-0.2, 0) is 13.0 Å². The third-order valence-corrected chi connectivity index (χ3v) is 4.28. The van der Waals surface area contributed by atoms with Crippen molar-refractivity contribution in [3.05, 3.63) is 57.6 Å². The summed E-state index contributed by atoms with van der Waals surface area (Å²) >= 11 is 12.2. The van der Waals surface area contributed by atoms with Crippen molar-refractivity contribution < 1.29 is 0 Å². The third kappa shape index (κ3) is 2.72. The topological polar surface area (TPSA) is 29.3 Å². The number of anilines is 2. The Labute approximate surface area is 129 Å². The predicted molar refractivity (Wildman–Crippen MR) is 86.7 cm³/mol. The zero-order valence-electron chi connectivity index (χ0n) is 11.1. The number of rotatable bonds is 2. The average Bonchev–Trinajstić information content (AvgIpc) is 2.41. The second kappa shape index (κ2) is 5.55. The molecule has 0 aliphatic carbocycles. The minimum absolute atomic E-state index is 0.672. The van der Waals surface area contributed by atoms with Gasteiger partial charge in [-0.1, -0.05) is 29.3 Å². The minimum Gasteiger partial charge on any atom is -0.399 e. The molecule has 0 fully saturated rings. The maximum Gasteiger partial charge on any atom is 0.0470 e. The summed E-state index contributed by atoms with van der Waals surface area (Å²) in [5.74, 6) is 0. The summed E-state index contributed by atoms with van der Waals surface area (Å²) in [4.78, 5) is 2.35. The van der Waals surface area contributed by atoms with Crippen LogP contribution in [0.3, 0.4) is 0 Å². The molecule has 2 aromatic rings. The summed E-state index contributed by atoms with van der Waals surface area (Å²) in [5, 5.41) is 1.39. The molecule has 2 aromatic carbocycles. The number of hydrogen-bond donors (Lipinski definition) is 1. The second-order valence-corrected chi connectivity index (χ2v) is 5.99. The van der Waals surface area contributed by atoms with Gasteiger partial charge in [-0.2, -0.15) is 0 Å². The Morgan fingerprint density at radius 1 is 1.10 bits per heavy atom. The molecule has 4 heteroatoms. The normalized spacial score (nSPS) is 14.2. The molecular weight excluding hydrogens is 291 g/mol. The van der Waals surface area contributed by atoms with E-state index in [2.05, 4.69) is 17.0 Å². The van der Waals surface area contributed by atoms with E-state index in [0.29, 0.717) is 5.02 Å². The van der Waals surface area contributed by atoms with E-state index in [9.17, 15) is 0 Å². The Balaban J connectivity index is 1.89. The van der Waals surface area contributed by atoms with Gasteiger partial charge in [0.05, 0.1) is 0 Å². The van der Waals surface area contributed by atoms with E-state index < -0.39 is 0 Å². The van der Waals surface area contributed by atoms with Gasteiger partial charge in [0, 0.05) is 34.5 Å². The fraction of sp³-hybridized carbons (Fsp3) is 0.250. The standard InChI is InChI=1S/C16H16Cl2N2/c17-13-4-3-12(15(18)9-13)10-20-7-1-2-11-8-14(19)5-6-16(11)20/h3-6,8-9H,1-2,7,10,19H2. The molecule has 3 rings (SSSR count). The maximum atomic E-state index is 6.27. The van der Waals surface area contributed by atoms with Crippen molar-refractivity contribution in [1.82, 2.24) is 0 Å². The van der Waals surface area contributed by atoms with E-state index in [-0.39, 0.29) is 0 Å². The molecule has 0 saturated heterocycles. The van der Waals surface area contributed by atoms with Crippen LogP contribution in [-0.4, -0.2) is 6.54 Å². The van der Waals surface area contributed by atoms with Crippen molar-refractivity contribution in [3.63, 3.8) is 0 Å². The molecule has 2 nitrogen and oxygen atoms in total. The Morgan fingerprint density at radius 3 is 2.75 bits per heavy atom. The fourth-order valence-electron chi connectivity index (χ4n) is 2.71. The first-order chi connectivity index (χ1) is 9.63. The van der Waals surface area contributed by atoms with Crippen molar-refractivity contribution in [2.75, 3.05) is 17.2 Å². The zero-order chi connectivity index (χ0) is 14.1. The lowest BCUT2D eigenvalue weighted by atomic mass is 10.0. The quantitative estimate of drug-likeness (QED) is 0.826. The van der Waals surface area contributed by atoms with Crippen LogP contribution in [0.25, 0.3) is 0 Å². The lowest BCUT2D eigenvalue weighted by Gasteiger charge is -2.32. The summed E-state index contributed by atoms with van der Waals surface area (Å²) in [7, 11) is 0. The largest absolute Gasteiger partial charge is 0.399 e. The number of fused-ring (bicyclic) bond motifs is 1. The monoisotopic (exact) mass is 306 g/mol. The summed E-state index contributed by atoms with van der Waals surface area (Å²) in [5.41, 5.74) is 10.4. The number of benzene rings is 2. The highest BCUT2D eigenvalue weighted by molar-refractivity contribution is 6.35. The Hall–Kier alpha value is -1.38. The number of aryl methyl sites for hydroxylation is 1. The van der Waals surface area contributed by atoms with Crippen molar-refractivity contribution in [3.8, 4) is 0 Å². The van der Waals surface area contributed by atoms with Gasteiger partial charge in [-0.05, 0) is 54.3 Å². The summed E-state index contributed by atoms with van der Waals surface area (Å²) in [6.07, 6.45) is 2.23. The van der Waals surface area contributed by atoms with Gasteiger partial charge in [0.15, 0.2) is 0 Å². The average molecular weight is 307 g/mol. The molecule has 2 N–H and O–H groups in total. The van der Waals surface area contributed by atoms with Crippen molar-refractivity contribution in [1.29, 1.82) is 0 Å². The van der Waals surface area contributed by atoms with Crippen LogP contribution in [0.1, 0.15) is 17.5 Å². The van der Waals surface area contributed by atoms with Crippen LogP contribution in [0.5, 0.6) is 0 Å². The fourth-order valence-corrected chi connectivity index (χ4v) is 3.18. The lowest BCUT2D eigenvalue weighted by Crippen LogP contribution is -2.28. The van der Waals surface area contributed by atoms with Crippen molar-refractivity contribution in [2.45, 2.75) is 19.4 Å². The number of hydrogen-bond acceptors (Lipinski definition) is 2. The van der Waals surface area contributed by atoms with Crippen LogP contribution in [0.15, 0.2) is 36.4 Å². The Morgan fingerprint density at radius 2 is 1.95 bits per heavy atom. The molecule has 0 amide bonds. The first-order valence-electron chi connectivity index (χ1n) is 6.71. The zero-order valence-corrected chi connectivity index (χ0v) is 12.6. The van der Waals surface area contributed by atoms with E-state index in [0.717, 1.165) is 42.2 Å². The molecular formula is C16H16Cl2N2. The molecule has 0 aromatic heterocycles. The van der Waals surface area contributed by atoms with Gasteiger partial charge >= 0.3 is 0 Å². The van der Waals surface area contributed by atoms with E-state index in [1.54, 1.807) is 6.07 Å². The third-order valence-electron chi connectivity index (χ3n) is 3.69.